The molecule has 31 heavy (non-hydrogen) atoms. The van der Waals surface area contributed by atoms with Gasteiger partial charge in [-0.2, -0.15) is 5.26 Å². The van der Waals surface area contributed by atoms with Gasteiger partial charge in [-0.05, 0) is 37.3 Å². The van der Waals surface area contributed by atoms with Crippen molar-refractivity contribution in [2.45, 2.75) is 31.8 Å². The highest BCUT2D eigenvalue weighted by molar-refractivity contribution is 5.86. The fraction of sp³-hybridized carbons (Fsp3) is 0.304. The second-order valence-corrected chi connectivity index (χ2v) is 7.80. The highest BCUT2D eigenvalue weighted by Gasteiger charge is 2.27. The zero-order valence-corrected chi connectivity index (χ0v) is 16.9. The fourth-order valence-corrected chi connectivity index (χ4v) is 4.41. The molecule has 1 atom stereocenters. The van der Waals surface area contributed by atoms with E-state index in [0.717, 1.165) is 36.1 Å². The Morgan fingerprint density at radius 2 is 2.03 bits per heavy atom. The number of hydrogen-bond acceptors (Lipinski definition) is 8. The summed E-state index contributed by atoms with van der Waals surface area (Å²) in [7, 11) is 0. The lowest BCUT2D eigenvalue weighted by Crippen LogP contribution is -2.19. The number of anilines is 2. The maximum Gasteiger partial charge on any atom is 0.222 e. The van der Waals surface area contributed by atoms with E-state index in [4.69, 9.17) is 10.5 Å². The van der Waals surface area contributed by atoms with Gasteiger partial charge in [0.05, 0.1) is 11.8 Å². The summed E-state index contributed by atoms with van der Waals surface area (Å²) in [4.78, 5) is 13.4. The van der Waals surface area contributed by atoms with Gasteiger partial charge in [0.2, 0.25) is 5.95 Å². The number of nitrogen functional groups attached to an aromatic ring is 1. The molecular formula is C23H22N6O2. The molecule has 1 unspecified atom stereocenters. The molecule has 1 aromatic carbocycles. The lowest BCUT2D eigenvalue weighted by atomic mass is 9.83. The Labute approximate surface area is 179 Å². The number of nitriles is 1. The van der Waals surface area contributed by atoms with E-state index in [0.29, 0.717) is 47.7 Å². The molecule has 1 aliphatic heterocycles. The molecule has 0 bridgehead atoms. The summed E-state index contributed by atoms with van der Waals surface area (Å²) in [6.45, 7) is 1.47. The normalized spacial score (nSPS) is 16.9. The second-order valence-electron chi connectivity index (χ2n) is 7.80. The van der Waals surface area contributed by atoms with Crippen LogP contribution in [0.15, 0.2) is 30.6 Å². The van der Waals surface area contributed by atoms with Crippen LogP contribution in [0.5, 0.6) is 5.75 Å². The minimum atomic E-state index is 0.160. The molecule has 8 heteroatoms. The quantitative estimate of drug-likeness (QED) is 0.594. The third kappa shape index (κ3) is 3.43. The third-order valence-electron chi connectivity index (χ3n) is 5.92. The SMILES string of the molecule is N#Cc1c(N)nc2c(c1-c1cnc(NCC3CCCO3)nc1)CCc1c(O)cccc1-2. The number of phenolic OH excluding ortho intramolecular Hbond substituents is 1. The Morgan fingerprint density at radius 1 is 1.23 bits per heavy atom. The van der Waals surface area contributed by atoms with Crippen LogP contribution < -0.4 is 11.1 Å². The van der Waals surface area contributed by atoms with Crippen LogP contribution in [0.3, 0.4) is 0 Å². The molecule has 8 nitrogen and oxygen atoms in total. The predicted octanol–water partition coefficient (Wildman–Crippen LogP) is 3.05. The van der Waals surface area contributed by atoms with Crippen LogP contribution in [0.2, 0.25) is 0 Å². The molecular weight excluding hydrogens is 392 g/mol. The van der Waals surface area contributed by atoms with E-state index < -0.39 is 0 Å². The summed E-state index contributed by atoms with van der Waals surface area (Å²) in [5, 5.41) is 23.2. The number of hydrogen-bond donors (Lipinski definition) is 3. The van der Waals surface area contributed by atoms with Gasteiger partial charge < -0.3 is 20.9 Å². The maximum atomic E-state index is 10.3. The van der Waals surface area contributed by atoms with Crippen molar-refractivity contribution >= 4 is 11.8 Å². The molecule has 156 valence electrons. The molecule has 1 aliphatic carbocycles. The van der Waals surface area contributed by atoms with Crippen LogP contribution >= 0.6 is 0 Å². The van der Waals surface area contributed by atoms with Crippen molar-refractivity contribution < 1.29 is 9.84 Å². The number of phenols is 1. The highest BCUT2D eigenvalue weighted by Crippen LogP contribution is 2.42. The van der Waals surface area contributed by atoms with Crippen molar-refractivity contribution in [2.24, 2.45) is 0 Å². The standard InChI is InChI=1S/C23H22N6O2/c24-9-18-20(13-10-26-23(27-11-13)28-12-14-3-2-8-31-14)17-7-6-15-16(4-1-5-19(15)30)21(17)29-22(18)25/h1,4-5,10-11,14,30H,2-3,6-8,12H2,(H2,25,29)(H,26,27,28). The first kappa shape index (κ1) is 19.3. The van der Waals surface area contributed by atoms with Gasteiger partial charge in [-0.15, -0.1) is 0 Å². The third-order valence-corrected chi connectivity index (χ3v) is 5.92. The van der Waals surface area contributed by atoms with E-state index in [1.807, 2.05) is 6.07 Å². The minimum Gasteiger partial charge on any atom is -0.508 e. The van der Waals surface area contributed by atoms with Crippen LogP contribution in [-0.2, 0) is 17.6 Å². The van der Waals surface area contributed by atoms with Gasteiger partial charge in [0, 0.05) is 47.8 Å². The molecule has 5 rings (SSSR count). The van der Waals surface area contributed by atoms with Gasteiger partial charge in [0.25, 0.3) is 0 Å². The van der Waals surface area contributed by atoms with Gasteiger partial charge in [0.1, 0.15) is 23.2 Å². The molecule has 3 heterocycles. The number of fused-ring (bicyclic) bond motifs is 3. The summed E-state index contributed by atoms with van der Waals surface area (Å²) < 4.78 is 5.62. The Hall–Kier alpha value is -3.70. The van der Waals surface area contributed by atoms with E-state index in [9.17, 15) is 10.4 Å². The van der Waals surface area contributed by atoms with E-state index in [2.05, 4.69) is 26.3 Å². The zero-order valence-electron chi connectivity index (χ0n) is 16.9. The topological polar surface area (TPSA) is 130 Å². The van der Waals surface area contributed by atoms with Crippen LogP contribution in [0.4, 0.5) is 11.8 Å². The van der Waals surface area contributed by atoms with Gasteiger partial charge in [-0.3, -0.25) is 0 Å². The zero-order chi connectivity index (χ0) is 21.4. The summed E-state index contributed by atoms with van der Waals surface area (Å²) in [5.74, 6) is 0.927. The van der Waals surface area contributed by atoms with Gasteiger partial charge in [0.15, 0.2) is 0 Å². The average molecular weight is 414 g/mol. The molecule has 1 fully saturated rings. The van der Waals surface area contributed by atoms with Crippen molar-refractivity contribution in [3.63, 3.8) is 0 Å². The van der Waals surface area contributed by atoms with E-state index >= 15 is 0 Å². The number of ether oxygens (including phenoxy) is 1. The Kier molecular flexibility index (Phi) is 4.88. The first-order chi connectivity index (χ1) is 15.2. The molecule has 3 aromatic rings. The van der Waals surface area contributed by atoms with Crippen molar-refractivity contribution in [1.82, 2.24) is 15.0 Å². The van der Waals surface area contributed by atoms with Crippen molar-refractivity contribution in [3.8, 4) is 34.2 Å². The molecule has 0 spiro atoms. The highest BCUT2D eigenvalue weighted by atomic mass is 16.5. The Morgan fingerprint density at radius 3 is 2.77 bits per heavy atom. The molecule has 4 N–H and O–H groups in total. The lowest BCUT2D eigenvalue weighted by Gasteiger charge is -2.23. The Bertz CT molecular complexity index is 1180. The van der Waals surface area contributed by atoms with Gasteiger partial charge in [-0.25, -0.2) is 15.0 Å². The van der Waals surface area contributed by atoms with Crippen LogP contribution in [-0.4, -0.2) is 39.3 Å². The first-order valence-electron chi connectivity index (χ1n) is 10.4. The number of pyridine rings is 1. The molecule has 2 aliphatic rings. The van der Waals surface area contributed by atoms with Crippen LogP contribution in [0, 0.1) is 11.3 Å². The summed E-state index contributed by atoms with van der Waals surface area (Å²) in [6, 6.07) is 7.58. The van der Waals surface area contributed by atoms with E-state index in [1.165, 1.54) is 0 Å². The largest absolute Gasteiger partial charge is 0.508 e. The van der Waals surface area contributed by atoms with Crippen LogP contribution in [0.25, 0.3) is 22.4 Å². The minimum absolute atomic E-state index is 0.160. The fourth-order valence-electron chi connectivity index (χ4n) is 4.41. The number of nitrogens with one attached hydrogen (secondary N) is 1. The van der Waals surface area contributed by atoms with E-state index in [-0.39, 0.29) is 17.7 Å². The summed E-state index contributed by atoms with van der Waals surface area (Å²) >= 11 is 0. The average Bonchev–Trinajstić information content (AvgIpc) is 3.31. The molecule has 0 radical (unpaired) electrons. The number of benzene rings is 1. The second kappa shape index (κ2) is 7.85. The van der Waals surface area contributed by atoms with Gasteiger partial charge >= 0.3 is 0 Å². The molecule has 0 saturated carbocycles. The van der Waals surface area contributed by atoms with Crippen LogP contribution in [0.1, 0.15) is 29.5 Å². The number of aromatic nitrogens is 3. The molecule has 2 aromatic heterocycles. The number of rotatable bonds is 4. The molecule has 1 saturated heterocycles. The van der Waals surface area contributed by atoms with Crippen molar-refractivity contribution in [3.05, 3.63) is 47.3 Å². The summed E-state index contributed by atoms with van der Waals surface area (Å²) in [6.07, 6.45) is 7.01. The smallest absolute Gasteiger partial charge is 0.222 e. The first-order valence-corrected chi connectivity index (χ1v) is 10.4. The van der Waals surface area contributed by atoms with Crippen molar-refractivity contribution in [1.29, 1.82) is 5.26 Å². The number of nitrogens with two attached hydrogens (primary N) is 1. The summed E-state index contributed by atoms with van der Waals surface area (Å²) in [5.41, 5.74) is 11.2. The predicted molar refractivity (Wildman–Crippen MR) is 116 cm³/mol. The lowest BCUT2D eigenvalue weighted by molar-refractivity contribution is 0.120. The maximum absolute atomic E-state index is 10.3. The number of nitrogens with zero attached hydrogens (tertiary/aromatic N) is 4. The Balaban J connectivity index is 1.54. The monoisotopic (exact) mass is 414 g/mol. The number of aromatic hydroxyl groups is 1. The molecule has 0 amide bonds. The van der Waals surface area contributed by atoms with E-state index in [1.54, 1.807) is 24.5 Å². The van der Waals surface area contributed by atoms with Gasteiger partial charge in [-0.1, -0.05) is 12.1 Å². The van der Waals surface area contributed by atoms with Crippen molar-refractivity contribution in [2.75, 3.05) is 24.2 Å².